The van der Waals surface area contributed by atoms with E-state index in [9.17, 15) is 14.7 Å². The summed E-state index contributed by atoms with van der Waals surface area (Å²) >= 11 is 0. The summed E-state index contributed by atoms with van der Waals surface area (Å²) in [4.78, 5) is 25.3. The van der Waals surface area contributed by atoms with Crippen LogP contribution in [-0.4, -0.2) is 54.7 Å². The maximum absolute atomic E-state index is 11.9. The number of rotatable bonds is 5. The Morgan fingerprint density at radius 2 is 1.86 bits per heavy atom. The van der Waals surface area contributed by atoms with Crippen LogP contribution >= 0.6 is 0 Å². The van der Waals surface area contributed by atoms with Crippen molar-refractivity contribution < 1.29 is 14.7 Å². The highest BCUT2D eigenvalue weighted by atomic mass is 16.4. The molecule has 0 aromatic heterocycles. The number of hydrogen-bond acceptors (Lipinski definition) is 3. The molecule has 6 nitrogen and oxygen atoms in total. The average molecular weight is 299 g/mol. The lowest BCUT2D eigenvalue weighted by molar-refractivity contribution is -0.142. The van der Waals surface area contributed by atoms with Crippen LogP contribution in [0.15, 0.2) is 0 Å². The van der Waals surface area contributed by atoms with Crippen LogP contribution in [0.5, 0.6) is 0 Å². The van der Waals surface area contributed by atoms with E-state index in [2.05, 4.69) is 22.6 Å². The van der Waals surface area contributed by atoms with Gasteiger partial charge in [-0.2, -0.15) is 0 Å². The summed E-state index contributed by atoms with van der Waals surface area (Å²) in [5.41, 5.74) is -0.0742. The second-order valence-electron chi connectivity index (χ2n) is 7.23. The SMILES string of the molecule is CN1CCC(NC(=O)NCC(CC(C)(C)C)C(=O)O)CC1. The molecule has 3 N–H and O–H groups in total. The summed E-state index contributed by atoms with van der Waals surface area (Å²) < 4.78 is 0. The molecule has 1 aliphatic rings. The standard InChI is InChI=1S/C15H29N3O3/c1-15(2,3)9-11(13(19)20)10-16-14(21)17-12-5-7-18(4)8-6-12/h11-12H,5-10H2,1-4H3,(H,19,20)(H2,16,17,21). The Bertz CT molecular complexity index is 358. The number of hydrogen-bond donors (Lipinski definition) is 3. The molecule has 1 fully saturated rings. The van der Waals surface area contributed by atoms with E-state index in [1.807, 2.05) is 20.8 Å². The molecule has 0 aromatic carbocycles. The fraction of sp³-hybridized carbons (Fsp3) is 0.867. The van der Waals surface area contributed by atoms with Gasteiger partial charge in [0.15, 0.2) is 0 Å². The van der Waals surface area contributed by atoms with Gasteiger partial charge in [0, 0.05) is 12.6 Å². The average Bonchev–Trinajstić information content (AvgIpc) is 2.35. The molecule has 0 aromatic rings. The topological polar surface area (TPSA) is 81.7 Å². The Hall–Kier alpha value is -1.30. The van der Waals surface area contributed by atoms with Crippen LogP contribution in [-0.2, 0) is 4.79 Å². The number of carbonyl (C=O) groups excluding carboxylic acids is 1. The number of carbonyl (C=O) groups is 2. The zero-order chi connectivity index (χ0) is 16.0. The summed E-state index contributed by atoms with van der Waals surface area (Å²) in [5.74, 6) is -1.40. The molecule has 1 atom stereocenters. The number of aliphatic carboxylic acids is 1. The van der Waals surface area contributed by atoms with E-state index in [0.29, 0.717) is 6.42 Å². The van der Waals surface area contributed by atoms with Crippen LogP contribution in [0.2, 0.25) is 0 Å². The number of amides is 2. The Kier molecular flexibility index (Phi) is 6.45. The third kappa shape index (κ3) is 7.32. The van der Waals surface area contributed by atoms with Crippen molar-refractivity contribution in [1.82, 2.24) is 15.5 Å². The van der Waals surface area contributed by atoms with Crippen LogP contribution in [0, 0.1) is 11.3 Å². The van der Waals surface area contributed by atoms with Crippen LogP contribution in [0.3, 0.4) is 0 Å². The molecule has 0 spiro atoms. The number of carboxylic acids is 1. The van der Waals surface area contributed by atoms with Gasteiger partial charge in [0.25, 0.3) is 0 Å². The van der Waals surface area contributed by atoms with Crippen LogP contribution in [0.1, 0.15) is 40.0 Å². The first-order valence-electron chi connectivity index (χ1n) is 7.63. The summed E-state index contributed by atoms with van der Waals surface area (Å²) in [5, 5.41) is 14.9. The molecule has 1 heterocycles. The summed E-state index contributed by atoms with van der Waals surface area (Å²) in [6, 6.07) is -0.0724. The van der Waals surface area contributed by atoms with Gasteiger partial charge in [-0.25, -0.2) is 4.79 Å². The quantitative estimate of drug-likeness (QED) is 0.719. The molecule has 0 aliphatic carbocycles. The van der Waals surface area contributed by atoms with Crippen molar-refractivity contribution in [2.75, 3.05) is 26.7 Å². The Labute approximate surface area is 127 Å². The van der Waals surface area contributed by atoms with E-state index >= 15 is 0 Å². The van der Waals surface area contributed by atoms with Gasteiger partial charge in [0.1, 0.15) is 0 Å². The van der Waals surface area contributed by atoms with Crippen LogP contribution in [0.4, 0.5) is 4.79 Å². The normalized spacial score (nSPS) is 19.0. The molecule has 21 heavy (non-hydrogen) atoms. The van der Waals surface area contributed by atoms with Crippen molar-refractivity contribution in [2.45, 2.75) is 46.1 Å². The summed E-state index contributed by atoms with van der Waals surface area (Å²) in [7, 11) is 2.07. The predicted octanol–water partition coefficient (Wildman–Crippen LogP) is 1.52. The third-order valence-corrected chi connectivity index (χ3v) is 3.77. The largest absolute Gasteiger partial charge is 0.481 e. The van der Waals surface area contributed by atoms with E-state index in [-0.39, 0.29) is 24.0 Å². The molecule has 2 amide bonds. The zero-order valence-electron chi connectivity index (χ0n) is 13.6. The van der Waals surface area contributed by atoms with Crippen molar-refractivity contribution in [3.63, 3.8) is 0 Å². The Morgan fingerprint density at radius 3 is 2.33 bits per heavy atom. The lowest BCUT2D eigenvalue weighted by Crippen LogP contribution is -2.48. The van der Waals surface area contributed by atoms with Gasteiger partial charge >= 0.3 is 12.0 Å². The second kappa shape index (κ2) is 7.64. The lowest BCUT2D eigenvalue weighted by atomic mass is 9.84. The third-order valence-electron chi connectivity index (χ3n) is 3.77. The lowest BCUT2D eigenvalue weighted by Gasteiger charge is -2.29. The molecule has 1 unspecified atom stereocenters. The van der Waals surface area contributed by atoms with Crippen molar-refractivity contribution in [1.29, 1.82) is 0 Å². The minimum absolute atomic E-state index is 0.0742. The van der Waals surface area contributed by atoms with Crippen LogP contribution in [0.25, 0.3) is 0 Å². The number of urea groups is 1. The van der Waals surface area contributed by atoms with Gasteiger partial charge in [-0.05, 0) is 44.8 Å². The Balaban J connectivity index is 2.34. The van der Waals surface area contributed by atoms with E-state index in [0.717, 1.165) is 25.9 Å². The van der Waals surface area contributed by atoms with Gasteiger partial charge in [-0.15, -0.1) is 0 Å². The molecular weight excluding hydrogens is 270 g/mol. The number of carboxylic acid groups (broad SMARTS) is 1. The molecule has 1 saturated heterocycles. The number of piperidine rings is 1. The van der Waals surface area contributed by atoms with Gasteiger partial charge in [0.2, 0.25) is 0 Å². The van der Waals surface area contributed by atoms with Crippen molar-refractivity contribution in [3.05, 3.63) is 0 Å². The summed E-state index contributed by atoms with van der Waals surface area (Å²) in [6.07, 6.45) is 2.42. The monoisotopic (exact) mass is 299 g/mol. The molecule has 6 heteroatoms. The first-order chi connectivity index (χ1) is 9.67. The molecule has 1 aliphatic heterocycles. The molecule has 0 radical (unpaired) electrons. The fourth-order valence-electron chi connectivity index (χ4n) is 2.59. The first-order valence-corrected chi connectivity index (χ1v) is 7.63. The van der Waals surface area contributed by atoms with Gasteiger partial charge in [-0.3, -0.25) is 4.79 Å². The molecule has 0 saturated carbocycles. The first kappa shape index (κ1) is 17.8. The van der Waals surface area contributed by atoms with E-state index in [4.69, 9.17) is 0 Å². The number of nitrogens with one attached hydrogen (secondary N) is 2. The van der Waals surface area contributed by atoms with E-state index in [1.165, 1.54) is 0 Å². The highest BCUT2D eigenvalue weighted by molar-refractivity contribution is 5.76. The maximum atomic E-state index is 11.9. The molecule has 0 bridgehead atoms. The van der Waals surface area contributed by atoms with E-state index < -0.39 is 11.9 Å². The number of likely N-dealkylation sites (tertiary alicyclic amines) is 1. The van der Waals surface area contributed by atoms with Crippen molar-refractivity contribution in [2.24, 2.45) is 11.3 Å². The van der Waals surface area contributed by atoms with E-state index in [1.54, 1.807) is 0 Å². The second-order valence-corrected chi connectivity index (χ2v) is 7.23. The zero-order valence-corrected chi connectivity index (χ0v) is 13.6. The minimum Gasteiger partial charge on any atom is -0.481 e. The number of nitrogens with zero attached hydrogens (tertiary/aromatic N) is 1. The minimum atomic E-state index is -0.857. The van der Waals surface area contributed by atoms with Gasteiger partial charge < -0.3 is 20.6 Å². The summed E-state index contributed by atoms with van der Waals surface area (Å²) in [6.45, 7) is 8.13. The van der Waals surface area contributed by atoms with Gasteiger partial charge in [0.05, 0.1) is 5.92 Å². The predicted molar refractivity (Wildman–Crippen MR) is 82.3 cm³/mol. The van der Waals surface area contributed by atoms with Crippen LogP contribution < -0.4 is 10.6 Å². The molecular formula is C15H29N3O3. The molecule has 1 rings (SSSR count). The highest BCUT2D eigenvalue weighted by Gasteiger charge is 2.25. The Morgan fingerprint density at radius 1 is 1.29 bits per heavy atom. The van der Waals surface area contributed by atoms with Gasteiger partial charge in [-0.1, -0.05) is 20.8 Å². The highest BCUT2D eigenvalue weighted by Crippen LogP contribution is 2.24. The fourth-order valence-corrected chi connectivity index (χ4v) is 2.59. The molecule has 122 valence electrons. The maximum Gasteiger partial charge on any atom is 0.315 e. The van der Waals surface area contributed by atoms with Crippen molar-refractivity contribution >= 4 is 12.0 Å². The smallest absolute Gasteiger partial charge is 0.315 e. The van der Waals surface area contributed by atoms with Crippen molar-refractivity contribution in [3.8, 4) is 0 Å².